The molecule has 7 rings (SSSR count). The summed E-state index contributed by atoms with van der Waals surface area (Å²) in [5, 5.41) is 6.25. The van der Waals surface area contributed by atoms with Crippen molar-refractivity contribution in [1.82, 2.24) is 0 Å². The Hall–Kier alpha value is -4.50. The number of halogens is 1. The van der Waals surface area contributed by atoms with E-state index in [1.807, 2.05) is 30.3 Å². The largest absolute Gasteiger partial charge is 0.454 e. The van der Waals surface area contributed by atoms with Gasteiger partial charge in [0.1, 0.15) is 24.0 Å². The fraction of sp³-hybridized carbons (Fsp3) is 0.0882. The molecule has 0 atom stereocenters. The van der Waals surface area contributed by atoms with Gasteiger partial charge in [0, 0.05) is 22.4 Å². The molecule has 2 nitrogen and oxygen atoms in total. The smallest absolute Gasteiger partial charge is 0.216 e. The maximum absolute atomic E-state index is 15.8. The molecular formula is C34H25FNO+. The van der Waals surface area contributed by atoms with Crippen LogP contribution in [0.5, 0.6) is 0 Å². The lowest BCUT2D eigenvalue weighted by atomic mass is 9.92. The first-order valence-corrected chi connectivity index (χ1v) is 12.5. The van der Waals surface area contributed by atoms with Gasteiger partial charge in [-0.2, -0.15) is 0 Å². The third kappa shape index (κ3) is 3.20. The minimum absolute atomic E-state index is 0.286. The van der Waals surface area contributed by atoms with Gasteiger partial charge in [0.05, 0.1) is 11.1 Å². The van der Waals surface area contributed by atoms with Crippen LogP contribution in [0.1, 0.15) is 11.1 Å². The Morgan fingerprint density at radius 1 is 0.649 bits per heavy atom. The van der Waals surface area contributed by atoms with Crippen molar-refractivity contribution in [2.24, 2.45) is 7.05 Å². The van der Waals surface area contributed by atoms with Crippen molar-refractivity contribution in [3.8, 4) is 22.4 Å². The second-order valence-electron chi connectivity index (χ2n) is 9.93. The highest BCUT2D eigenvalue weighted by Gasteiger charge is 2.24. The Labute approximate surface area is 214 Å². The Balaban J connectivity index is 1.62. The average molecular weight is 483 g/mol. The third-order valence-electron chi connectivity index (χ3n) is 7.54. The van der Waals surface area contributed by atoms with E-state index in [1.54, 1.807) is 6.07 Å². The minimum Gasteiger partial charge on any atom is -0.454 e. The van der Waals surface area contributed by atoms with Gasteiger partial charge >= 0.3 is 0 Å². The zero-order chi connectivity index (χ0) is 25.3. The number of hydrogen-bond donors (Lipinski definition) is 0. The summed E-state index contributed by atoms with van der Waals surface area (Å²) >= 11 is 0. The lowest BCUT2D eigenvalue weighted by Crippen LogP contribution is -2.31. The lowest BCUT2D eigenvalue weighted by molar-refractivity contribution is -0.660. The maximum Gasteiger partial charge on any atom is 0.216 e. The summed E-state index contributed by atoms with van der Waals surface area (Å²) < 4.78 is 24.6. The third-order valence-corrected chi connectivity index (χ3v) is 7.54. The summed E-state index contributed by atoms with van der Waals surface area (Å²) in [6, 6.07) is 30.5. The number of furan rings is 1. The normalized spacial score (nSPS) is 11.8. The van der Waals surface area contributed by atoms with Crippen LogP contribution < -0.4 is 4.57 Å². The molecule has 0 saturated heterocycles. The van der Waals surface area contributed by atoms with Gasteiger partial charge in [-0.15, -0.1) is 0 Å². The van der Waals surface area contributed by atoms with Crippen molar-refractivity contribution < 1.29 is 13.4 Å². The van der Waals surface area contributed by atoms with Gasteiger partial charge < -0.3 is 4.42 Å². The molecule has 0 unspecified atom stereocenters. The van der Waals surface area contributed by atoms with E-state index < -0.39 is 0 Å². The quantitative estimate of drug-likeness (QED) is 0.178. The van der Waals surface area contributed by atoms with E-state index in [-0.39, 0.29) is 5.82 Å². The molecule has 3 heteroatoms. The minimum atomic E-state index is -0.286. The first-order chi connectivity index (χ1) is 18.0. The van der Waals surface area contributed by atoms with Gasteiger partial charge in [0.2, 0.25) is 5.69 Å². The number of aryl methyl sites for hydroxylation is 3. The molecule has 0 saturated carbocycles. The molecule has 0 bridgehead atoms. The molecule has 0 fully saturated rings. The van der Waals surface area contributed by atoms with Crippen LogP contribution >= 0.6 is 0 Å². The highest BCUT2D eigenvalue weighted by molar-refractivity contribution is 6.18. The van der Waals surface area contributed by atoms with Crippen molar-refractivity contribution in [3.63, 3.8) is 0 Å². The van der Waals surface area contributed by atoms with E-state index in [1.165, 1.54) is 5.56 Å². The maximum atomic E-state index is 15.8. The van der Waals surface area contributed by atoms with Crippen molar-refractivity contribution >= 4 is 43.5 Å². The second kappa shape index (κ2) is 8.01. The second-order valence-corrected chi connectivity index (χ2v) is 9.93. The van der Waals surface area contributed by atoms with E-state index in [0.29, 0.717) is 11.1 Å². The molecule has 37 heavy (non-hydrogen) atoms. The highest BCUT2D eigenvalue weighted by Crippen LogP contribution is 2.44. The number of nitrogens with zero attached hydrogens (tertiary/aromatic N) is 1. The van der Waals surface area contributed by atoms with Gasteiger partial charge in [0.15, 0.2) is 6.20 Å². The fourth-order valence-electron chi connectivity index (χ4n) is 5.81. The Morgan fingerprint density at radius 2 is 1.32 bits per heavy atom. The molecule has 7 aromatic rings. The topological polar surface area (TPSA) is 17.0 Å². The molecule has 0 aliphatic carbocycles. The van der Waals surface area contributed by atoms with E-state index in [4.69, 9.17) is 4.42 Å². The van der Waals surface area contributed by atoms with Crippen LogP contribution in [-0.4, -0.2) is 0 Å². The molecular weight excluding hydrogens is 457 g/mol. The van der Waals surface area contributed by atoms with Crippen LogP contribution in [0.15, 0.2) is 102 Å². The van der Waals surface area contributed by atoms with E-state index in [9.17, 15) is 0 Å². The summed E-state index contributed by atoms with van der Waals surface area (Å²) in [5.41, 5.74) is 7.11. The zero-order valence-corrected chi connectivity index (χ0v) is 21.0. The van der Waals surface area contributed by atoms with Gasteiger partial charge in [-0.3, -0.25) is 0 Å². The molecule has 178 valence electrons. The zero-order valence-electron chi connectivity index (χ0n) is 21.0. The number of aromatic nitrogens is 1. The molecule has 0 radical (unpaired) electrons. The molecule has 0 amide bonds. The fourth-order valence-corrected chi connectivity index (χ4v) is 5.81. The highest BCUT2D eigenvalue weighted by atomic mass is 19.1. The predicted octanol–water partition coefficient (Wildman–Crippen LogP) is 8.81. The molecule has 0 N–H and O–H groups in total. The van der Waals surface area contributed by atoms with Crippen molar-refractivity contribution in [1.29, 1.82) is 0 Å². The van der Waals surface area contributed by atoms with Crippen molar-refractivity contribution in [2.45, 2.75) is 13.8 Å². The summed E-state index contributed by atoms with van der Waals surface area (Å²) in [6.45, 7) is 4.18. The van der Waals surface area contributed by atoms with Gasteiger partial charge in [0.25, 0.3) is 0 Å². The van der Waals surface area contributed by atoms with Crippen LogP contribution in [0.25, 0.3) is 65.9 Å². The number of fused-ring (bicyclic) bond motifs is 6. The van der Waals surface area contributed by atoms with E-state index in [0.717, 1.165) is 60.3 Å². The summed E-state index contributed by atoms with van der Waals surface area (Å²) in [5.74, 6) is -0.286. The lowest BCUT2D eigenvalue weighted by Gasteiger charge is -2.12. The van der Waals surface area contributed by atoms with Crippen molar-refractivity contribution in [2.75, 3.05) is 0 Å². The number of hydrogen-bond acceptors (Lipinski definition) is 1. The standard InChI is InChI=1S/C34H25FNO/c1-20-12-17-30(36(3)19-20)31-21(2)13-14-26-27-15-16-29(35)32(34(27)37-33(26)31)28-18-22-8-4-5-9-23(22)24-10-6-7-11-25(24)28/h4-19H,1-3H3/q+1. The SMILES string of the molecule is Cc1ccc(-c2c(C)ccc3c2oc2c(-c4cc5ccccc5c5ccccc45)c(F)ccc23)[n+](C)c1. The molecule has 0 aliphatic rings. The Kier molecular flexibility index (Phi) is 4.71. The van der Waals surface area contributed by atoms with Gasteiger partial charge in [-0.1, -0.05) is 60.7 Å². The monoisotopic (exact) mass is 482 g/mol. The van der Waals surface area contributed by atoms with E-state index in [2.05, 4.69) is 86.3 Å². The molecule has 2 heterocycles. The molecule has 5 aromatic carbocycles. The first-order valence-electron chi connectivity index (χ1n) is 12.5. The van der Waals surface area contributed by atoms with Crippen LogP contribution in [0.2, 0.25) is 0 Å². The summed E-state index contributed by atoms with van der Waals surface area (Å²) in [4.78, 5) is 0. The Morgan fingerprint density at radius 3 is 2.11 bits per heavy atom. The number of benzene rings is 5. The number of rotatable bonds is 2. The van der Waals surface area contributed by atoms with Crippen LogP contribution in [0, 0.1) is 19.7 Å². The Bertz CT molecular complexity index is 2030. The van der Waals surface area contributed by atoms with Gasteiger partial charge in [-0.05, 0) is 70.8 Å². The van der Waals surface area contributed by atoms with Crippen molar-refractivity contribution in [3.05, 3.63) is 114 Å². The first kappa shape index (κ1) is 21.8. The van der Waals surface area contributed by atoms with Crippen LogP contribution in [-0.2, 0) is 7.05 Å². The molecule has 0 spiro atoms. The summed E-state index contributed by atoms with van der Waals surface area (Å²) in [6.07, 6.45) is 2.11. The van der Waals surface area contributed by atoms with Gasteiger partial charge in [-0.25, -0.2) is 8.96 Å². The van der Waals surface area contributed by atoms with Crippen LogP contribution in [0.3, 0.4) is 0 Å². The predicted molar refractivity (Wildman–Crippen MR) is 150 cm³/mol. The average Bonchev–Trinajstić information content (AvgIpc) is 3.27. The number of pyridine rings is 1. The summed E-state index contributed by atoms with van der Waals surface area (Å²) in [7, 11) is 2.05. The van der Waals surface area contributed by atoms with Crippen LogP contribution in [0.4, 0.5) is 4.39 Å². The van der Waals surface area contributed by atoms with E-state index >= 15 is 4.39 Å². The molecule has 0 aliphatic heterocycles. The molecule has 2 aromatic heterocycles.